The molecule has 0 saturated carbocycles. The molecule has 1 amide bonds. The van der Waals surface area contributed by atoms with Gasteiger partial charge in [-0.1, -0.05) is 36.4 Å². The quantitative estimate of drug-likeness (QED) is 0.597. The highest BCUT2D eigenvalue weighted by Crippen LogP contribution is 2.20. The van der Waals surface area contributed by atoms with Crippen molar-refractivity contribution in [2.45, 2.75) is 31.8 Å². The molecule has 1 saturated heterocycles. The number of nitrogens with one attached hydrogen (secondary N) is 1. The van der Waals surface area contributed by atoms with E-state index in [1.165, 1.54) is 5.56 Å². The van der Waals surface area contributed by atoms with E-state index in [9.17, 15) is 4.79 Å². The first-order valence-electron chi connectivity index (χ1n) is 9.86. The molecule has 1 N–H and O–H groups in total. The molecule has 0 spiro atoms. The highest BCUT2D eigenvalue weighted by Gasteiger charge is 2.16. The van der Waals surface area contributed by atoms with Gasteiger partial charge in [-0.25, -0.2) is 4.98 Å². The first-order valence-corrected chi connectivity index (χ1v) is 10.7. The highest BCUT2D eigenvalue weighted by molar-refractivity contribution is 7.09. The van der Waals surface area contributed by atoms with Crippen LogP contribution in [-0.4, -0.2) is 30.2 Å². The van der Waals surface area contributed by atoms with E-state index in [1.807, 2.05) is 47.8 Å². The topological polar surface area (TPSA) is 60.5 Å². The van der Waals surface area contributed by atoms with Gasteiger partial charge in [-0.15, -0.1) is 11.3 Å². The van der Waals surface area contributed by atoms with Gasteiger partial charge in [-0.2, -0.15) is 0 Å². The standard InChI is InChI=1S/C23H24N2O3S/c26-22(14-19-16-29-23(25-19)12-17-6-2-1-3-7-17)24-18-8-4-9-20(13-18)28-15-21-10-5-11-27-21/h1-4,6-9,13,16,21H,5,10-12,14-15H2,(H,24,26). The minimum Gasteiger partial charge on any atom is -0.491 e. The van der Waals surface area contributed by atoms with Crippen molar-refractivity contribution in [1.82, 2.24) is 4.98 Å². The molecule has 6 heteroatoms. The van der Waals surface area contributed by atoms with Gasteiger partial charge in [-0.05, 0) is 30.5 Å². The highest BCUT2D eigenvalue weighted by atomic mass is 32.1. The van der Waals surface area contributed by atoms with Crippen molar-refractivity contribution in [3.63, 3.8) is 0 Å². The molecule has 1 aliphatic heterocycles. The van der Waals surface area contributed by atoms with Crippen molar-refractivity contribution < 1.29 is 14.3 Å². The summed E-state index contributed by atoms with van der Waals surface area (Å²) in [6, 6.07) is 17.7. The van der Waals surface area contributed by atoms with Crippen LogP contribution in [0.15, 0.2) is 60.0 Å². The second-order valence-corrected chi connectivity index (χ2v) is 8.04. The molecule has 2 aromatic carbocycles. The zero-order valence-electron chi connectivity index (χ0n) is 16.2. The number of aromatic nitrogens is 1. The molecule has 1 atom stereocenters. The van der Waals surface area contributed by atoms with Gasteiger partial charge in [0.05, 0.1) is 23.2 Å². The largest absolute Gasteiger partial charge is 0.491 e. The number of carbonyl (C=O) groups is 1. The molecule has 1 unspecified atom stereocenters. The van der Waals surface area contributed by atoms with Gasteiger partial charge in [0.15, 0.2) is 0 Å². The number of ether oxygens (including phenoxy) is 2. The molecular formula is C23H24N2O3S. The van der Waals surface area contributed by atoms with Crippen molar-refractivity contribution in [2.24, 2.45) is 0 Å². The van der Waals surface area contributed by atoms with Gasteiger partial charge >= 0.3 is 0 Å². The molecular weight excluding hydrogens is 384 g/mol. The summed E-state index contributed by atoms with van der Waals surface area (Å²) >= 11 is 1.59. The summed E-state index contributed by atoms with van der Waals surface area (Å²) in [5.41, 5.74) is 2.74. The van der Waals surface area contributed by atoms with Crippen LogP contribution >= 0.6 is 11.3 Å². The molecule has 0 radical (unpaired) electrons. The maximum atomic E-state index is 12.4. The van der Waals surface area contributed by atoms with E-state index >= 15 is 0 Å². The van der Waals surface area contributed by atoms with E-state index in [2.05, 4.69) is 22.4 Å². The maximum Gasteiger partial charge on any atom is 0.230 e. The molecule has 0 bridgehead atoms. The van der Waals surface area contributed by atoms with Crippen LogP contribution in [0.3, 0.4) is 0 Å². The number of nitrogens with zero attached hydrogens (tertiary/aromatic N) is 1. The number of hydrogen-bond acceptors (Lipinski definition) is 5. The Labute approximate surface area is 174 Å². The lowest BCUT2D eigenvalue weighted by atomic mass is 10.2. The van der Waals surface area contributed by atoms with Gasteiger partial charge in [0.2, 0.25) is 5.91 Å². The van der Waals surface area contributed by atoms with Crippen molar-refractivity contribution in [3.8, 4) is 5.75 Å². The Bertz CT molecular complexity index is 936. The summed E-state index contributed by atoms with van der Waals surface area (Å²) in [6.45, 7) is 1.36. The lowest BCUT2D eigenvalue weighted by Gasteiger charge is -2.12. The van der Waals surface area contributed by atoms with Gasteiger partial charge in [-0.3, -0.25) is 4.79 Å². The number of benzene rings is 2. The third kappa shape index (κ3) is 5.89. The van der Waals surface area contributed by atoms with E-state index < -0.39 is 0 Å². The Morgan fingerprint density at radius 3 is 2.93 bits per heavy atom. The third-order valence-corrected chi connectivity index (χ3v) is 5.61. The molecule has 150 valence electrons. The van der Waals surface area contributed by atoms with Crippen LogP contribution in [0.2, 0.25) is 0 Å². The number of carbonyl (C=O) groups excluding carboxylic acids is 1. The predicted molar refractivity (Wildman–Crippen MR) is 115 cm³/mol. The Balaban J connectivity index is 1.28. The van der Waals surface area contributed by atoms with E-state index in [1.54, 1.807) is 11.3 Å². The van der Waals surface area contributed by atoms with Crippen LogP contribution in [0, 0.1) is 0 Å². The third-order valence-electron chi connectivity index (χ3n) is 4.72. The molecule has 5 nitrogen and oxygen atoms in total. The second-order valence-electron chi connectivity index (χ2n) is 7.09. The first kappa shape index (κ1) is 19.6. The minimum atomic E-state index is -0.0853. The van der Waals surface area contributed by atoms with Gasteiger partial charge in [0.1, 0.15) is 12.4 Å². The molecule has 4 rings (SSSR count). The summed E-state index contributed by atoms with van der Waals surface area (Å²) < 4.78 is 11.4. The zero-order valence-corrected chi connectivity index (χ0v) is 17.0. The fourth-order valence-electron chi connectivity index (χ4n) is 3.28. The summed E-state index contributed by atoms with van der Waals surface area (Å²) in [4.78, 5) is 17.0. The van der Waals surface area contributed by atoms with E-state index in [0.717, 1.165) is 48.0 Å². The summed E-state index contributed by atoms with van der Waals surface area (Å²) in [6.07, 6.45) is 3.34. The van der Waals surface area contributed by atoms with Crippen molar-refractivity contribution >= 4 is 22.9 Å². The Kier molecular flexibility index (Phi) is 6.54. The van der Waals surface area contributed by atoms with E-state index in [-0.39, 0.29) is 18.4 Å². The smallest absolute Gasteiger partial charge is 0.230 e. The molecule has 1 fully saturated rings. The van der Waals surface area contributed by atoms with Crippen LogP contribution in [0.5, 0.6) is 5.75 Å². The lowest BCUT2D eigenvalue weighted by molar-refractivity contribution is -0.115. The van der Waals surface area contributed by atoms with Crippen LogP contribution in [0.1, 0.15) is 29.1 Å². The number of thiazole rings is 1. The molecule has 2 heterocycles. The number of anilines is 1. The summed E-state index contributed by atoms with van der Waals surface area (Å²) in [5.74, 6) is 0.648. The first-order chi connectivity index (χ1) is 14.2. The molecule has 29 heavy (non-hydrogen) atoms. The lowest BCUT2D eigenvalue weighted by Crippen LogP contribution is -2.17. The maximum absolute atomic E-state index is 12.4. The van der Waals surface area contributed by atoms with Gasteiger partial charge < -0.3 is 14.8 Å². The average Bonchev–Trinajstić information content (AvgIpc) is 3.40. The number of hydrogen-bond donors (Lipinski definition) is 1. The predicted octanol–water partition coefficient (Wildman–Crippen LogP) is 4.47. The van der Waals surface area contributed by atoms with Crippen LogP contribution < -0.4 is 10.1 Å². The molecule has 0 aliphatic carbocycles. The fourth-order valence-corrected chi connectivity index (χ4v) is 4.11. The van der Waals surface area contributed by atoms with Crippen LogP contribution in [-0.2, 0) is 22.4 Å². The summed E-state index contributed by atoms with van der Waals surface area (Å²) in [7, 11) is 0. The zero-order chi connectivity index (χ0) is 19.9. The van der Waals surface area contributed by atoms with Crippen molar-refractivity contribution in [1.29, 1.82) is 0 Å². The fraction of sp³-hybridized carbons (Fsp3) is 0.304. The Morgan fingerprint density at radius 2 is 2.10 bits per heavy atom. The second kappa shape index (κ2) is 9.67. The van der Waals surface area contributed by atoms with Gasteiger partial charge in [0, 0.05) is 30.2 Å². The molecule has 1 aliphatic rings. The summed E-state index contributed by atoms with van der Waals surface area (Å²) in [5, 5.41) is 5.91. The van der Waals surface area contributed by atoms with Crippen molar-refractivity contribution in [3.05, 3.63) is 76.2 Å². The Morgan fingerprint density at radius 1 is 1.21 bits per heavy atom. The minimum absolute atomic E-state index is 0.0853. The monoisotopic (exact) mass is 408 g/mol. The SMILES string of the molecule is O=C(Cc1csc(Cc2ccccc2)n1)Nc1cccc(OCC2CCCO2)c1. The van der Waals surface area contributed by atoms with Crippen LogP contribution in [0.25, 0.3) is 0 Å². The average molecular weight is 409 g/mol. The number of rotatable bonds is 8. The number of amides is 1. The van der Waals surface area contributed by atoms with Crippen molar-refractivity contribution in [2.75, 3.05) is 18.5 Å². The normalized spacial score (nSPS) is 15.9. The molecule has 1 aromatic heterocycles. The van der Waals surface area contributed by atoms with E-state index in [0.29, 0.717) is 6.61 Å². The molecule has 3 aromatic rings. The van der Waals surface area contributed by atoms with Gasteiger partial charge in [0.25, 0.3) is 0 Å². The van der Waals surface area contributed by atoms with E-state index in [4.69, 9.17) is 9.47 Å². The van der Waals surface area contributed by atoms with Crippen LogP contribution in [0.4, 0.5) is 5.69 Å². The Hall–Kier alpha value is -2.70.